The number of aromatic nitrogens is 6. The van der Waals surface area contributed by atoms with Gasteiger partial charge in [0.2, 0.25) is 0 Å². The first-order valence-corrected chi connectivity index (χ1v) is 21.7. The van der Waals surface area contributed by atoms with Gasteiger partial charge in [0.05, 0.1) is 67.9 Å². The number of nitrogens with zero attached hydrogens (tertiary/aromatic N) is 6. The Balaban J connectivity index is 0.966. The Morgan fingerprint density at radius 3 is 0.859 bits per heavy atom. The summed E-state index contributed by atoms with van der Waals surface area (Å²) in [6.45, 7) is 0. The molecule has 0 spiro atoms. The zero-order valence-corrected chi connectivity index (χ0v) is 34.5. The van der Waals surface area contributed by atoms with Crippen LogP contribution in [0.2, 0.25) is 0 Å². The molecule has 0 aliphatic rings. The van der Waals surface area contributed by atoms with Gasteiger partial charge in [0, 0.05) is 78.0 Å². The van der Waals surface area contributed by atoms with Crippen LogP contribution in [0, 0.1) is 0 Å². The Kier molecular flexibility index (Phi) is 7.30. The maximum absolute atomic E-state index is 4.92. The molecule has 8 aromatic carbocycles. The Labute approximate surface area is 366 Å². The van der Waals surface area contributed by atoms with E-state index in [2.05, 4.69) is 212 Å². The van der Waals surface area contributed by atoms with Gasteiger partial charge in [0.15, 0.2) is 0 Å². The van der Waals surface area contributed by atoms with Crippen molar-refractivity contribution in [1.29, 1.82) is 0 Å². The lowest BCUT2D eigenvalue weighted by molar-refractivity contribution is 1.13. The Morgan fingerprint density at radius 2 is 0.516 bits per heavy atom. The van der Waals surface area contributed by atoms with E-state index in [-0.39, 0.29) is 0 Å². The van der Waals surface area contributed by atoms with Crippen molar-refractivity contribution in [2.24, 2.45) is 0 Å². The molecule has 0 saturated heterocycles. The van der Waals surface area contributed by atoms with Crippen molar-refractivity contribution in [3.8, 4) is 33.9 Å². The fourth-order valence-corrected chi connectivity index (χ4v) is 10.5. The first-order chi connectivity index (χ1) is 31.8. The molecule has 0 saturated carbocycles. The second kappa shape index (κ2) is 13.4. The summed E-state index contributed by atoms with van der Waals surface area (Å²) in [5, 5.41) is 9.77. The molecule has 14 aromatic rings. The number of fused-ring (bicyclic) bond motifs is 12. The summed E-state index contributed by atoms with van der Waals surface area (Å²) in [4.78, 5) is 9.83. The van der Waals surface area contributed by atoms with Crippen LogP contribution in [0.1, 0.15) is 0 Å². The van der Waals surface area contributed by atoms with Crippen molar-refractivity contribution in [3.63, 3.8) is 0 Å². The van der Waals surface area contributed by atoms with Crippen molar-refractivity contribution < 1.29 is 0 Å². The van der Waals surface area contributed by atoms with E-state index in [1.54, 1.807) is 0 Å². The SMILES string of the molecule is c1ccc(-n2c3ccccc3c3cc4c5ccccc5n(-c5cncc(-c6cncc(-n7c8ccccc8c8cc9c%10ccccc%10n(-c%10ccccc%10)c9cc87)c6)c5)c4cc32)cc1. The minimum absolute atomic E-state index is 0.990. The van der Waals surface area contributed by atoms with Gasteiger partial charge < -0.3 is 18.3 Å². The van der Waals surface area contributed by atoms with Crippen LogP contribution >= 0.6 is 0 Å². The summed E-state index contributed by atoms with van der Waals surface area (Å²) in [6.07, 6.45) is 7.87. The highest BCUT2D eigenvalue weighted by Gasteiger charge is 2.21. The van der Waals surface area contributed by atoms with Gasteiger partial charge in [-0.05, 0) is 84.9 Å². The monoisotopic (exact) mass is 816 g/mol. The van der Waals surface area contributed by atoms with E-state index >= 15 is 0 Å². The molecule has 6 heterocycles. The van der Waals surface area contributed by atoms with Crippen molar-refractivity contribution in [1.82, 2.24) is 28.2 Å². The van der Waals surface area contributed by atoms with Crippen LogP contribution < -0.4 is 0 Å². The van der Waals surface area contributed by atoms with Gasteiger partial charge in [-0.25, -0.2) is 0 Å². The molecule has 6 nitrogen and oxygen atoms in total. The minimum atomic E-state index is 0.990. The van der Waals surface area contributed by atoms with Crippen molar-refractivity contribution in [2.75, 3.05) is 0 Å². The van der Waals surface area contributed by atoms with E-state index in [1.165, 1.54) is 54.1 Å². The number of benzene rings is 8. The van der Waals surface area contributed by atoms with E-state index in [9.17, 15) is 0 Å². The summed E-state index contributed by atoms with van der Waals surface area (Å²) in [5.41, 5.74) is 15.5. The highest BCUT2D eigenvalue weighted by Crippen LogP contribution is 2.42. The van der Waals surface area contributed by atoms with Crippen LogP contribution in [0.25, 0.3) is 121 Å². The maximum atomic E-state index is 4.92. The van der Waals surface area contributed by atoms with Gasteiger partial charge in [-0.2, -0.15) is 0 Å². The molecule has 0 N–H and O–H groups in total. The fourth-order valence-electron chi connectivity index (χ4n) is 10.5. The number of hydrogen-bond donors (Lipinski definition) is 0. The van der Waals surface area contributed by atoms with Crippen molar-refractivity contribution in [2.45, 2.75) is 0 Å². The van der Waals surface area contributed by atoms with Crippen LogP contribution in [0.4, 0.5) is 0 Å². The molecule has 0 aliphatic carbocycles. The minimum Gasteiger partial charge on any atom is -0.309 e. The maximum Gasteiger partial charge on any atom is 0.0651 e. The van der Waals surface area contributed by atoms with Crippen LogP contribution in [0.5, 0.6) is 0 Å². The van der Waals surface area contributed by atoms with Crippen LogP contribution in [-0.4, -0.2) is 28.2 Å². The first kappa shape index (κ1) is 34.9. The Morgan fingerprint density at radius 1 is 0.219 bits per heavy atom. The largest absolute Gasteiger partial charge is 0.309 e. The first-order valence-electron chi connectivity index (χ1n) is 21.7. The molecule has 0 aliphatic heterocycles. The third-order valence-electron chi connectivity index (χ3n) is 13.3. The van der Waals surface area contributed by atoms with E-state index in [1.807, 2.05) is 24.8 Å². The molecule has 64 heavy (non-hydrogen) atoms. The molecule has 0 bridgehead atoms. The Hall–Kier alpha value is -8.74. The molecule has 298 valence electrons. The normalized spacial score (nSPS) is 12.1. The molecule has 6 aromatic heterocycles. The topological polar surface area (TPSA) is 45.5 Å². The van der Waals surface area contributed by atoms with Crippen molar-refractivity contribution >= 4 is 87.2 Å². The standard InChI is InChI=1S/C58H36N6/c1-3-15-39(16-4-1)61-51-23-11-7-19-43(51)47-29-49-45-21-9-13-25-53(45)63(57(49)31-55(47)61)41-27-37(33-59-35-41)38-28-42(36-60-34-38)64-54-26-14-10-22-46(54)50-30-48-44-20-8-12-24-52(44)62(56(48)32-58(50)64)40-17-5-2-6-18-40/h1-36H. The average molecular weight is 817 g/mol. The van der Waals surface area contributed by atoms with E-state index in [0.29, 0.717) is 0 Å². The molecule has 0 radical (unpaired) electrons. The van der Waals surface area contributed by atoms with Gasteiger partial charge in [0.25, 0.3) is 0 Å². The molecule has 14 rings (SSSR count). The van der Waals surface area contributed by atoms with Crippen LogP contribution in [-0.2, 0) is 0 Å². The molecule has 0 atom stereocenters. The average Bonchev–Trinajstić information content (AvgIpc) is 4.07. The van der Waals surface area contributed by atoms with Crippen LogP contribution in [0.15, 0.2) is 219 Å². The summed E-state index contributed by atoms with van der Waals surface area (Å²) in [5.74, 6) is 0. The fraction of sp³-hybridized carbons (Fsp3) is 0. The second-order valence-corrected chi connectivity index (χ2v) is 16.7. The third kappa shape index (κ3) is 4.96. The highest BCUT2D eigenvalue weighted by atomic mass is 15.0. The zero-order valence-electron chi connectivity index (χ0n) is 34.5. The highest BCUT2D eigenvalue weighted by molar-refractivity contribution is 6.20. The Bertz CT molecular complexity index is 3910. The smallest absolute Gasteiger partial charge is 0.0651 e. The van der Waals surface area contributed by atoms with Gasteiger partial charge >= 0.3 is 0 Å². The second-order valence-electron chi connectivity index (χ2n) is 16.7. The number of pyridine rings is 2. The summed E-state index contributed by atoms with van der Waals surface area (Å²) < 4.78 is 9.52. The van der Waals surface area contributed by atoms with Gasteiger partial charge in [-0.1, -0.05) is 109 Å². The predicted molar refractivity (Wildman–Crippen MR) is 265 cm³/mol. The zero-order chi connectivity index (χ0) is 41.9. The molecule has 0 fully saturated rings. The summed E-state index contributed by atoms with van der Waals surface area (Å²) in [6, 6.07) is 70.2. The van der Waals surface area contributed by atoms with Gasteiger partial charge in [-0.3, -0.25) is 9.97 Å². The number of para-hydroxylation sites is 6. The third-order valence-corrected chi connectivity index (χ3v) is 13.3. The molecular formula is C58H36N6. The summed E-state index contributed by atoms with van der Waals surface area (Å²) in [7, 11) is 0. The van der Waals surface area contributed by atoms with E-state index in [4.69, 9.17) is 9.97 Å². The quantitative estimate of drug-likeness (QED) is 0.174. The van der Waals surface area contributed by atoms with Gasteiger partial charge in [0.1, 0.15) is 0 Å². The van der Waals surface area contributed by atoms with Crippen LogP contribution in [0.3, 0.4) is 0 Å². The molecular weight excluding hydrogens is 781 g/mol. The van der Waals surface area contributed by atoms with Crippen molar-refractivity contribution in [3.05, 3.63) is 219 Å². The van der Waals surface area contributed by atoms with E-state index in [0.717, 1.165) is 67.0 Å². The lowest BCUT2D eigenvalue weighted by Crippen LogP contribution is -1.98. The molecule has 0 amide bonds. The predicted octanol–water partition coefficient (Wildman–Crippen LogP) is 14.5. The lowest BCUT2D eigenvalue weighted by Gasteiger charge is -2.12. The summed E-state index contributed by atoms with van der Waals surface area (Å²) >= 11 is 0. The number of rotatable bonds is 5. The van der Waals surface area contributed by atoms with Gasteiger partial charge in [-0.15, -0.1) is 0 Å². The molecule has 6 heteroatoms. The van der Waals surface area contributed by atoms with E-state index < -0.39 is 0 Å². The lowest BCUT2D eigenvalue weighted by atomic mass is 10.1. The molecule has 0 unspecified atom stereocenters. The number of hydrogen-bond acceptors (Lipinski definition) is 2.